The lowest BCUT2D eigenvalue weighted by Gasteiger charge is -2.35. The number of rotatable bonds is 13. The molecule has 236 valence electrons. The number of aliphatic hydroxyl groups is 2. The molecule has 3 aromatic carbocycles. The number of hydrogen-bond donors (Lipinski definition) is 3. The Balaban J connectivity index is 1.57. The van der Waals surface area contributed by atoms with Gasteiger partial charge in [-0.1, -0.05) is 76.7 Å². The molecule has 0 bridgehead atoms. The number of hydrogen-bond acceptors (Lipinski definition) is 7. The first-order valence-corrected chi connectivity index (χ1v) is 16.1. The Hall–Kier alpha value is -3.89. The Morgan fingerprint density at radius 1 is 1.07 bits per heavy atom. The summed E-state index contributed by atoms with van der Waals surface area (Å²) in [6.07, 6.45) is 4.05. The maximum absolute atomic E-state index is 14.6. The molecule has 1 aliphatic carbocycles. The van der Waals surface area contributed by atoms with Gasteiger partial charge in [0, 0.05) is 40.9 Å². The molecule has 0 saturated heterocycles. The summed E-state index contributed by atoms with van der Waals surface area (Å²) in [7, 11) is 0. The van der Waals surface area contributed by atoms with Crippen LogP contribution in [0.4, 0.5) is 0 Å². The van der Waals surface area contributed by atoms with Crippen molar-refractivity contribution in [1.82, 2.24) is 5.32 Å². The van der Waals surface area contributed by atoms with E-state index >= 15 is 0 Å². The Morgan fingerprint density at radius 2 is 1.78 bits per heavy atom. The van der Waals surface area contributed by atoms with Crippen LogP contribution in [0, 0.1) is 0 Å². The van der Waals surface area contributed by atoms with E-state index in [0.717, 1.165) is 40.4 Å². The van der Waals surface area contributed by atoms with Crippen molar-refractivity contribution in [2.75, 3.05) is 19.8 Å². The fourth-order valence-electron chi connectivity index (χ4n) is 5.99. The maximum atomic E-state index is 14.6. The number of carbonyl (C=O) groups excluding carboxylic acids is 1. The predicted molar refractivity (Wildman–Crippen MR) is 175 cm³/mol. The molecule has 1 aliphatic heterocycles. The number of nitrogens with one attached hydrogen (secondary N) is 1. The summed E-state index contributed by atoms with van der Waals surface area (Å²) >= 11 is 3.51. The van der Waals surface area contributed by atoms with E-state index in [1.807, 2.05) is 60.7 Å². The first-order valence-electron chi connectivity index (χ1n) is 15.3. The van der Waals surface area contributed by atoms with Gasteiger partial charge in [-0.3, -0.25) is 4.79 Å². The molecule has 11 heteroatoms. The van der Waals surface area contributed by atoms with Crippen molar-refractivity contribution >= 4 is 27.7 Å². The predicted octanol–water partition coefficient (Wildman–Crippen LogP) is 6.33. The number of aliphatic hydroxyl groups excluding tert-OH is 1. The van der Waals surface area contributed by atoms with E-state index in [4.69, 9.17) is 25.1 Å². The van der Waals surface area contributed by atoms with E-state index in [9.17, 15) is 9.90 Å². The molecule has 3 aromatic rings. The van der Waals surface area contributed by atoms with Crippen LogP contribution >= 0.6 is 15.9 Å². The number of azide groups is 1. The minimum Gasteiger partial charge on any atom is -0.494 e. The molecule has 1 fully saturated rings. The minimum atomic E-state index is -1.45. The zero-order valence-corrected chi connectivity index (χ0v) is 26.7. The summed E-state index contributed by atoms with van der Waals surface area (Å²) < 4.78 is 13.2. The van der Waals surface area contributed by atoms with Crippen molar-refractivity contribution in [3.63, 3.8) is 0 Å². The van der Waals surface area contributed by atoms with Gasteiger partial charge in [0.05, 0.1) is 18.8 Å². The third-order valence-corrected chi connectivity index (χ3v) is 8.98. The quantitative estimate of drug-likeness (QED) is 0.0837. The fraction of sp³-hybridized carbons (Fsp3) is 0.412. The monoisotopic (exact) mass is 675 g/mol. The number of ether oxygens (including phenoxy) is 2. The zero-order valence-electron chi connectivity index (χ0n) is 25.1. The van der Waals surface area contributed by atoms with Gasteiger partial charge in [0.25, 0.3) is 5.91 Å². The molecule has 1 saturated carbocycles. The number of nitrogens with zero attached hydrogens (tertiary/aromatic N) is 4. The Labute approximate surface area is 271 Å². The molecule has 0 unspecified atom stereocenters. The third kappa shape index (κ3) is 7.86. The molecule has 1 amide bonds. The third-order valence-electron chi connectivity index (χ3n) is 8.45. The van der Waals surface area contributed by atoms with Gasteiger partial charge in [-0.15, -0.1) is 0 Å². The van der Waals surface area contributed by atoms with Crippen molar-refractivity contribution in [3.8, 4) is 5.75 Å². The number of carbonyl (C=O) groups is 1. The maximum Gasteiger partial charge on any atom is 0.252 e. The van der Waals surface area contributed by atoms with E-state index in [1.165, 1.54) is 0 Å². The van der Waals surface area contributed by atoms with Gasteiger partial charge in [-0.2, -0.15) is 0 Å². The highest BCUT2D eigenvalue weighted by molar-refractivity contribution is 9.10. The standard InChI is InChI=1S/C34H38BrN5O5/c35-28-13-9-24(10-14-28)30-34(21-26-7-2-3-8-27(26)22-38-40-36,32(42)37-23-33(43)17-4-1-5-18-33)39-31(45-30)25-11-15-29(16-12-25)44-20-6-19-41/h2-3,7-16,30,41,43H,1,4-6,17-23H2,(H,37,42)/t30-,34-/m1/s1. The molecular weight excluding hydrogens is 638 g/mol. The first-order chi connectivity index (χ1) is 21.9. The second-order valence-electron chi connectivity index (χ2n) is 11.6. The Morgan fingerprint density at radius 3 is 2.47 bits per heavy atom. The summed E-state index contributed by atoms with van der Waals surface area (Å²) in [5, 5.41) is 27.2. The van der Waals surface area contributed by atoms with Gasteiger partial charge >= 0.3 is 0 Å². The van der Waals surface area contributed by atoms with E-state index < -0.39 is 17.2 Å². The average Bonchev–Trinajstić information content (AvgIpc) is 3.44. The number of benzene rings is 3. The van der Waals surface area contributed by atoms with Gasteiger partial charge in [0.1, 0.15) is 5.75 Å². The number of aliphatic imine (C=N–C) groups is 1. The Kier molecular flexibility index (Phi) is 10.8. The average molecular weight is 677 g/mol. The number of halogens is 1. The summed E-state index contributed by atoms with van der Waals surface area (Å²) in [4.78, 5) is 22.6. The molecular formula is C34H38BrN5O5. The molecule has 5 rings (SSSR count). The van der Waals surface area contributed by atoms with Crippen molar-refractivity contribution < 1.29 is 24.5 Å². The summed E-state index contributed by atoms with van der Waals surface area (Å²) in [6, 6.07) is 22.4. The van der Waals surface area contributed by atoms with Gasteiger partial charge in [-0.25, -0.2) is 4.99 Å². The highest BCUT2D eigenvalue weighted by Gasteiger charge is 2.54. The topological polar surface area (TPSA) is 149 Å². The molecule has 1 heterocycles. The van der Waals surface area contributed by atoms with Crippen LogP contribution in [0.25, 0.3) is 10.4 Å². The minimum absolute atomic E-state index is 0.0493. The lowest BCUT2D eigenvalue weighted by molar-refractivity contribution is -0.130. The second kappa shape index (κ2) is 14.9. The highest BCUT2D eigenvalue weighted by Crippen LogP contribution is 2.43. The van der Waals surface area contributed by atoms with Gasteiger partial charge in [0.2, 0.25) is 5.90 Å². The zero-order chi connectivity index (χ0) is 31.7. The van der Waals surface area contributed by atoms with Crippen LogP contribution in [-0.2, 0) is 22.5 Å². The molecule has 10 nitrogen and oxygen atoms in total. The van der Waals surface area contributed by atoms with Crippen LogP contribution in [0.3, 0.4) is 0 Å². The fourth-order valence-corrected chi connectivity index (χ4v) is 6.25. The van der Waals surface area contributed by atoms with Crippen molar-refractivity contribution in [3.05, 3.63) is 110 Å². The molecule has 3 N–H and O–H groups in total. The normalized spacial score (nSPS) is 20.4. The van der Waals surface area contributed by atoms with Crippen LogP contribution in [0.15, 0.2) is 87.4 Å². The van der Waals surface area contributed by atoms with E-state index in [-0.39, 0.29) is 32.0 Å². The summed E-state index contributed by atoms with van der Waals surface area (Å²) in [5.41, 5.74) is 9.63. The highest BCUT2D eigenvalue weighted by atomic mass is 79.9. The van der Waals surface area contributed by atoms with Gasteiger partial charge < -0.3 is 25.0 Å². The SMILES string of the molecule is [N-]=[N+]=NCc1ccccc1C[C@@]1(C(=O)NCC2(O)CCCCC2)N=C(c2ccc(OCCCO)cc2)O[C@@H]1c1ccc(Br)cc1. The van der Waals surface area contributed by atoms with E-state index in [1.54, 1.807) is 12.1 Å². The molecule has 0 radical (unpaired) electrons. The lowest BCUT2D eigenvalue weighted by Crippen LogP contribution is -2.54. The second-order valence-corrected chi connectivity index (χ2v) is 12.6. The van der Waals surface area contributed by atoms with Crippen LogP contribution in [-0.4, -0.2) is 52.9 Å². The molecule has 2 atom stereocenters. The lowest BCUT2D eigenvalue weighted by atomic mass is 9.80. The number of amides is 1. The summed E-state index contributed by atoms with van der Waals surface area (Å²) in [6.45, 7) is 0.686. The molecule has 45 heavy (non-hydrogen) atoms. The van der Waals surface area contributed by atoms with Crippen LogP contribution in [0.2, 0.25) is 0 Å². The van der Waals surface area contributed by atoms with Crippen molar-refractivity contribution in [2.45, 2.75) is 68.7 Å². The largest absolute Gasteiger partial charge is 0.494 e. The van der Waals surface area contributed by atoms with Gasteiger partial charge in [0.15, 0.2) is 11.6 Å². The first kappa shape index (κ1) is 32.5. The van der Waals surface area contributed by atoms with Crippen LogP contribution in [0.1, 0.15) is 66.9 Å². The van der Waals surface area contributed by atoms with Crippen molar-refractivity contribution in [1.29, 1.82) is 0 Å². The molecule has 2 aliphatic rings. The smallest absolute Gasteiger partial charge is 0.252 e. The van der Waals surface area contributed by atoms with Crippen LogP contribution < -0.4 is 10.1 Å². The Bertz CT molecular complexity index is 1540. The summed E-state index contributed by atoms with van der Waals surface area (Å²) in [5.74, 6) is 0.600. The molecule has 0 aromatic heterocycles. The van der Waals surface area contributed by atoms with Crippen molar-refractivity contribution in [2.24, 2.45) is 10.1 Å². The van der Waals surface area contributed by atoms with E-state index in [0.29, 0.717) is 43.1 Å². The van der Waals surface area contributed by atoms with Crippen LogP contribution in [0.5, 0.6) is 5.75 Å². The van der Waals surface area contributed by atoms with E-state index in [2.05, 4.69) is 31.3 Å². The van der Waals surface area contributed by atoms with Gasteiger partial charge in [-0.05, 0) is 71.5 Å². The molecule has 0 spiro atoms.